The van der Waals surface area contributed by atoms with Gasteiger partial charge in [-0.25, -0.2) is 4.79 Å². The van der Waals surface area contributed by atoms with E-state index in [-0.39, 0.29) is 0 Å². The average Bonchev–Trinajstić information content (AvgIpc) is 2.09. The third-order valence-electron chi connectivity index (χ3n) is 1.39. The van der Waals surface area contributed by atoms with Crippen LogP contribution in [0.1, 0.15) is 5.56 Å². The fraction of sp³-hybridized carbons (Fsp3) is 0.111. The minimum absolute atomic E-state index is 0.380. The molecule has 3 heteroatoms. The fourth-order valence-corrected chi connectivity index (χ4v) is 0.832. The molecule has 0 aliphatic carbocycles. The molecule has 12 heavy (non-hydrogen) atoms. The molecule has 0 atom stereocenters. The van der Waals surface area contributed by atoms with Gasteiger partial charge in [0.25, 0.3) is 0 Å². The molecule has 0 aliphatic heterocycles. The van der Waals surface area contributed by atoms with Crippen molar-refractivity contribution in [2.24, 2.45) is 4.99 Å². The number of hydrogen-bond donors (Lipinski definition) is 0. The van der Waals surface area contributed by atoms with Crippen molar-refractivity contribution in [3.8, 4) is 6.07 Å². The lowest BCUT2D eigenvalue weighted by Gasteiger charge is -1.92. The number of carbonyl (C=O) groups excluding carboxylic acids is 1. The number of aliphatic imine (C=N–C) groups is 1. The van der Waals surface area contributed by atoms with Gasteiger partial charge in [-0.15, -0.1) is 0 Å². The van der Waals surface area contributed by atoms with Gasteiger partial charge in [-0.2, -0.15) is 10.3 Å². The largest absolute Gasteiger partial charge is 0.240 e. The van der Waals surface area contributed by atoms with Gasteiger partial charge in [0.15, 0.2) is 0 Å². The number of benzene rings is 1. The first-order chi connectivity index (χ1) is 5.86. The molecule has 1 rings (SSSR count). The van der Waals surface area contributed by atoms with Crippen LogP contribution < -0.4 is 0 Å². The lowest BCUT2D eigenvalue weighted by atomic mass is 10.1. The van der Waals surface area contributed by atoms with Gasteiger partial charge >= 0.3 is 0 Å². The molecule has 58 valence electrons. The van der Waals surface area contributed by atoms with Crippen molar-refractivity contribution in [1.29, 1.82) is 5.26 Å². The molecule has 0 N–H and O–H groups in total. The fourth-order valence-electron chi connectivity index (χ4n) is 0.832. The van der Waals surface area contributed by atoms with Crippen molar-refractivity contribution in [2.75, 3.05) is 0 Å². The Kier molecular flexibility index (Phi) is 2.78. The van der Waals surface area contributed by atoms with Gasteiger partial charge in [-0.3, -0.25) is 0 Å². The molecule has 0 amide bonds. The molecular formula is C9H6N2O. The maximum atomic E-state index is 9.84. The van der Waals surface area contributed by atoms with Crippen LogP contribution in [0.25, 0.3) is 0 Å². The zero-order chi connectivity index (χ0) is 8.81. The standard InChI is InChI=1S/C9H6N2O/c10-6-5-8-1-3-9(4-2-8)11-7-12/h1-4H,5H2. The predicted octanol–water partition coefficient (Wildman–Crippen LogP) is 1.72. The highest BCUT2D eigenvalue weighted by molar-refractivity contribution is 5.49. The van der Waals surface area contributed by atoms with Crippen LogP contribution in [0.3, 0.4) is 0 Å². The van der Waals surface area contributed by atoms with Crippen molar-refractivity contribution in [2.45, 2.75) is 6.42 Å². The number of hydrogen-bond acceptors (Lipinski definition) is 3. The van der Waals surface area contributed by atoms with Crippen LogP contribution in [-0.4, -0.2) is 6.08 Å². The molecular weight excluding hydrogens is 152 g/mol. The molecule has 0 heterocycles. The first-order valence-corrected chi connectivity index (χ1v) is 3.40. The summed E-state index contributed by atoms with van der Waals surface area (Å²) in [5, 5.41) is 8.36. The van der Waals surface area contributed by atoms with Gasteiger partial charge in [-0.05, 0) is 17.7 Å². The van der Waals surface area contributed by atoms with E-state index in [9.17, 15) is 4.79 Å². The van der Waals surface area contributed by atoms with E-state index in [1.165, 1.54) is 6.08 Å². The van der Waals surface area contributed by atoms with Gasteiger partial charge in [0.2, 0.25) is 6.08 Å². The van der Waals surface area contributed by atoms with Crippen LogP contribution in [0.5, 0.6) is 0 Å². The Labute approximate surface area is 70.0 Å². The van der Waals surface area contributed by atoms with Crippen LogP contribution in [-0.2, 0) is 11.2 Å². The normalized spacial score (nSPS) is 8.25. The first-order valence-electron chi connectivity index (χ1n) is 3.40. The van der Waals surface area contributed by atoms with E-state index in [1.54, 1.807) is 24.3 Å². The Morgan fingerprint density at radius 2 is 2.00 bits per heavy atom. The van der Waals surface area contributed by atoms with E-state index in [1.807, 2.05) is 6.07 Å². The lowest BCUT2D eigenvalue weighted by Crippen LogP contribution is -1.78. The second-order valence-electron chi connectivity index (χ2n) is 2.20. The zero-order valence-electron chi connectivity index (χ0n) is 6.32. The number of isocyanates is 1. The van der Waals surface area contributed by atoms with Crippen molar-refractivity contribution in [3.63, 3.8) is 0 Å². The van der Waals surface area contributed by atoms with E-state index < -0.39 is 0 Å². The Bertz CT molecular complexity index is 342. The SMILES string of the molecule is N#CCc1ccc(N=C=O)cc1. The molecule has 1 aromatic carbocycles. The van der Waals surface area contributed by atoms with E-state index >= 15 is 0 Å². The smallest absolute Gasteiger partial charge is 0.211 e. The summed E-state index contributed by atoms with van der Waals surface area (Å²) in [6.07, 6.45) is 1.83. The van der Waals surface area contributed by atoms with Crippen molar-refractivity contribution in [1.82, 2.24) is 0 Å². The summed E-state index contributed by atoms with van der Waals surface area (Å²) >= 11 is 0. The van der Waals surface area contributed by atoms with E-state index in [4.69, 9.17) is 5.26 Å². The van der Waals surface area contributed by atoms with Crippen LogP contribution in [0.15, 0.2) is 29.3 Å². The minimum atomic E-state index is 0.380. The van der Waals surface area contributed by atoms with Gasteiger partial charge in [0, 0.05) is 0 Å². The van der Waals surface area contributed by atoms with E-state index in [2.05, 4.69) is 4.99 Å². The van der Waals surface area contributed by atoms with E-state index in [0.29, 0.717) is 12.1 Å². The molecule has 3 nitrogen and oxygen atoms in total. The molecule has 0 saturated heterocycles. The molecule has 0 bridgehead atoms. The van der Waals surface area contributed by atoms with Crippen molar-refractivity contribution >= 4 is 11.8 Å². The van der Waals surface area contributed by atoms with Crippen LogP contribution in [0.2, 0.25) is 0 Å². The lowest BCUT2D eigenvalue weighted by molar-refractivity contribution is 0.565. The monoisotopic (exact) mass is 158 g/mol. The third kappa shape index (κ3) is 2.05. The highest BCUT2D eigenvalue weighted by Crippen LogP contribution is 2.11. The number of nitrogens with zero attached hydrogens (tertiary/aromatic N) is 2. The second-order valence-corrected chi connectivity index (χ2v) is 2.20. The molecule has 0 fully saturated rings. The molecule has 0 saturated carbocycles. The predicted molar refractivity (Wildman–Crippen MR) is 43.5 cm³/mol. The van der Waals surface area contributed by atoms with Gasteiger partial charge in [0.1, 0.15) is 0 Å². The Morgan fingerprint density at radius 3 is 2.50 bits per heavy atom. The third-order valence-corrected chi connectivity index (χ3v) is 1.39. The topological polar surface area (TPSA) is 53.2 Å². The summed E-state index contributed by atoms with van der Waals surface area (Å²) in [6, 6.07) is 8.91. The summed E-state index contributed by atoms with van der Waals surface area (Å²) in [7, 11) is 0. The maximum Gasteiger partial charge on any atom is 0.240 e. The molecule has 0 unspecified atom stereocenters. The molecule has 0 aliphatic rings. The van der Waals surface area contributed by atoms with Gasteiger partial charge in [0.05, 0.1) is 18.2 Å². The van der Waals surface area contributed by atoms with E-state index in [0.717, 1.165) is 5.56 Å². The van der Waals surface area contributed by atoms with Crippen LogP contribution >= 0.6 is 0 Å². The molecule has 0 aromatic heterocycles. The van der Waals surface area contributed by atoms with Crippen LogP contribution in [0, 0.1) is 11.3 Å². The summed E-state index contributed by atoms with van der Waals surface area (Å²) in [5.41, 5.74) is 1.48. The average molecular weight is 158 g/mol. The van der Waals surface area contributed by atoms with Crippen LogP contribution in [0.4, 0.5) is 5.69 Å². The van der Waals surface area contributed by atoms with Gasteiger partial charge < -0.3 is 0 Å². The van der Waals surface area contributed by atoms with Gasteiger partial charge in [-0.1, -0.05) is 12.1 Å². The highest BCUT2D eigenvalue weighted by atomic mass is 16.1. The molecule has 1 aromatic rings. The Hall–Kier alpha value is -1.91. The number of rotatable bonds is 2. The summed E-state index contributed by atoms with van der Waals surface area (Å²) < 4.78 is 0. The summed E-state index contributed by atoms with van der Waals surface area (Å²) in [6.45, 7) is 0. The summed E-state index contributed by atoms with van der Waals surface area (Å²) in [4.78, 5) is 13.3. The molecule has 0 spiro atoms. The molecule has 0 radical (unpaired) electrons. The highest BCUT2D eigenvalue weighted by Gasteiger charge is 1.91. The second kappa shape index (κ2) is 4.07. The minimum Gasteiger partial charge on any atom is -0.211 e. The quantitative estimate of drug-likeness (QED) is 0.486. The first kappa shape index (κ1) is 8.19. The summed E-state index contributed by atoms with van der Waals surface area (Å²) in [5.74, 6) is 0. The Morgan fingerprint density at radius 1 is 1.33 bits per heavy atom. The number of nitriles is 1. The van der Waals surface area contributed by atoms with Crippen molar-refractivity contribution < 1.29 is 4.79 Å². The maximum absolute atomic E-state index is 9.84. The van der Waals surface area contributed by atoms with Crippen molar-refractivity contribution in [3.05, 3.63) is 29.8 Å². The zero-order valence-corrected chi connectivity index (χ0v) is 6.32. The Balaban J connectivity index is 2.86.